The molecule has 0 radical (unpaired) electrons. The Morgan fingerprint density at radius 2 is 1.29 bits per heavy atom. The molecule has 0 heterocycles. The van der Waals surface area contributed by atoms with Crippen molar-refractivity contribution in [3.05, 3.63) is 0 Å². The molecule has 2 unspecified atom stereocenters. The molecule has 0 bridgehead atoms. The largest absolute Gasteiger partial charge is 0.325 e. The van der Waals surface area contributed by atoms with Crippen LogP contribution in [0.2, 0.25) is 0 Å². The Bertz CT molecular complexity index is 211. The summed E-state index contributed by atoms with van der Waals surface area (Å²) in [7, 11) is 0. The van der Waals surface area contributed by atoms with Crippen molar-refractivity contribution in [1.29, 1.82) is 0 Å². The second kappa shape index (κ2) is 3.31. The summed E-state index contributed by atoms with van der Waals surface area (Å²) in [5.41, 5.74) is 11.1. The zero-order chi connectivity index (χ0) is 11.1. The van der Waals surface area contributed by atoms with Gasteiger partial charge in [-0.25, -0.2) is 0 Å². The Morgan fingerprint density at radius 3 is 1.43 bits per heavy atom. The Hall–Kier alpha value is -0.410. The molecule has 0 aliphatic heterocycles. The monoisotopic (exact) mass is 198 g/mol. The van der Waals surface area contributed by atoms with Crippen LogP contribution in [-0.4, -0.2) is 16.9 Å². The molecule has 0 aromatic rings. The van der Waals surface area contributed by atoms with Crippen molar-refractivity contribution in [2.75, 3.05) is 0 Å². The molecule has 3 nitrogen and oxygen atoms in total. The highest BCUT2D eigenvalue weighted by atomic mass is 16.1. The van der Waals surface area contributed by atoms with Crippen molar-refractivity contribution in [1.82, 2.24) is 0 Å². The van der Waals surface area contributed by atoms with Crippen LogP contribution < -0.4 is 11.5 Å². The Balaban J connectivity index is 2.80. The summed E-state index contributed by atoms with van der Waals surface area (Å²) in [6, 6.07) is 0. The van der Waals surface area contributed by atoms with E-state index in [2.05, 4.69) is 0 Å². The summed E-state index contributed by atoms with van der Waals surface area (Å²) in [5.74, 6) is 0.218. The van der Waals surface area contributed by atoms with Crippen molar-refractivity contribution in [2.24, 2.45) is 23.3 Å². The minimum Gasteiger partial charge on any atom is -0.325 e. The van der Waals surface area contributed by atoms with Crippen molar-refractivity contribution in [3.8, 4) is 0 Å². The highest BCUT2D eigenvalue weighted by Crippen LogP contribution is 2.37. The van der Waals surface area contributed by atoms with Crippen LogP contribution in [0.5, 0.6) is 0 Å². The molecule has 2 atom stereocenters. The normalized spacial score (nSPS) is 29.7. The maximum atomic E-state index is 12.0. The van der Waals surface area contributed by atoms with Gasteiger partial charge in [0.15, 0.2) is 0 Å². The topological polar surface area (TPSA) is 69.1 Å². The van der Waals surface area contributed by atoms with Gasteiger partial charge in [0, 0.05) is 22.9 Å². The first kappa shape index (κ1) is 11.7. The molecule has 0 saturated heterocycles. The molecule has 0 spiro atoms. The number of ketones is 1. The molecule has 0 aromatic carbocycles. The van der Waals surface area contributed by atoms with Crippen LogP contribution in [0.4, 0.5) is 0 Å². The lowest BCUT2D eigenvalue weighted by atomic mass is 9.81. The highest BCUT2D eigenvalue weighted by Gasteiger charge is 2.45. The molecule has 3 heteroatoms. The van der Waals surface area contributed by atoms with E-state index in [0.29, 0.717) is 0 Å². The Kier molecular flexibility index (Phi) is 2.76. The summed E-state index contributed by atoms with van der Waals surface area (Å²) in [4.78, 5) is 12.0. The van der Waals surface area contributed by atoms with Crippen LogP contribution in [0, 0.1) is 11.8 Å². The van der Waals surface area contributed by atoms with Crippen LogP contribution in [0.1, 0.15) is 40.5 Å². The van der Waals surface area contributed by atoms with E-state index in [4.69, 9.17) is 11.5 Å². The summed E-state index contributed by atoms with van der Waals surface area (Å²) < 4.78 is 0. The first-order valence-electron chi connectivity index (χ1n) is 5.25. The molecule has 1 saturated carbocycles. The fraction of sp³-hybridized carbons (Fsp3) is 0.909. The number of carbonyl (C=O) groups excluding carboxylic acids is 1. The molecule has 4 N–H and O–H groups in total. The average Bonchev–Trinajstić information content (AvgIpc) is 2.26. The van der Waals surface area contributed by atoms with Gasteiger partial charge in [-0.1, -0.05) is 0 Å². The summed E-state index contributed by atoms with van der Waals surface area (Å²) >= 11 is 0. The van der Waals surface area contributed by atoms with Gasteiger partial charge in [-0.2, -0.15) is 0 Å². The maximum Gasteiger partial charge on any atom is 0.142 e. The number of hydrogen-bond donors (Lipinski definition) is 2. The minimum absolute atomic E-state index is 0.0182. The number of Topliss-reactive ketones (excluding diaryl/α,β-unsaturated/α-hetero) is 1. The first-order chi connectivity index (χ1) is 6.14. The van der Waals surface area contributed by atoms with E-state index >= 15 is 0 Å². The maximum absolute atomic E-state index is 12.0. The van der Waals surface area contributed by atoms with Crippen molar-refractivity contribution < 1.29 is 4.79 Å². The summed E-state index contributed by atoms with van der Waals surface area (Å²) in [5, 5.41) is 0. The predicted octanol–water partition coefficient (Wildman–Crippen LogP) is 1.06. The van der Waals surface area contributed by atoms with E-state index < -0.39 is 11.1 Å². The Labute approximate surface area is 86.2 Å². The first-order valence-corrected chi connectivity index (χ1v) is 5.25. The number of rotatable bonds is 2. The number of nitrogens with two attached hydrogens (primary N) is 2. The molecule has 82 valence electrons. The third kappa shape index (κ3) is 2.15. The minimum atomic E-state index is -0.406. The molecule has 1 rings (SSSR count). The zero-order valence-corrected chi connectivity index (χ0v) is 9.63. The van der Waals surface area contributed by atoms with Crippen LogP contribution in [0.15, 0.2) is 0 Å². The van der Waals surface area contributed by atoms with E-state index in [1.54, 1.807) is 0 Å². The molecular weight excluding hydrogens is 176 g/mol. The van der Waals surface area contributed by atoms with E-state index in [1.807, 2.05) is 27.7 Å². The van der Waals surface area contributed by atoms with Gasteiger partial charge in [0.2, 0.25) is 0 Å². The van der Waals surface area contributed by atoms with Gasteiger partial charge >= 0.3 is 0 Å². The van der Waals surface area contributed by atoms with Gasteiger partial charge in [0.05, 0.1) is 0 Å². The van der Waals surface area contributed by atoms with E-state index in [0.717, 1.165) is 12.8 Å². The average molecular weight is 198 g/mol. The second-order valence-corrected chi connectivity index (χ2v) is 5.73. The summed E-state index contributed by atoms with van der Waals surface area (Å²) in [6.45, 7) is 7.67. The van der Waals surface area contributed by atoms with E-state index in [-0.39, 0.29) is 17.6 Å². The van der Waals surface area contributed by atoms with Crippen LogP contribution in [-0.2, 0) is 4.79 Å². The van der Waals surface area contributed by atoms with Crippen LogP contribution in [0.25, 0.3) is 0 Å². The van der Waals surface area contributed by atoms with Gasteiger partial charge in [0.25, 0.3) is 0 Å². The lowest BCUT2D eigenvalue weighted by Gasteiger charge is -2.29. The molecular formula is C11H22N2O. The predicted molar refractivity (Wildman–Crippen MR) is 57.8 cm³/mol. The molecule has 1 fully saturated rings. The summed E-state index contributed by atoms with van der Waals surface area (Å²) in [6.07, 6.45) is 1.77. The third-order valence-corrected chi connectivity index (χ3v) is 3.23. The van der Waals surface area contributed by atoms with Crippen LogP contribution in [0.3, 0.4) is 0 Å². The van der Waals surface area contributed by atoms with Gasteiger partial charge in [0.1, 0.15) is 5.78 Å². The smallest absolute Gasteiger partial charge is 0.142 e. The molecule has 1 aliphatic rings. The van der Waals surface area contributed by atoms with Gasteiger partial charge in [-0.3, -0.25) is 4.79 Å². The van der Waals surface area contributed by atoms with Gasteiger partial charge < -0.3 is 11.5 Å². The van der Waals surface area contributed by atoms with Gasteiger partial charge in [-0.15, -0.1) is 0 Å². The van der Waals surface area contributed by atoms with E-state index in [9.17, 15) is 4.79 Å². The van der Waals surface area contributed by atoms with Crippen molar-refractivity contribution >= 4 is 5.78 Å². The van der Waals surface area contributed by atoms with Crippen molar-refractivity contribution in [3.63, 3.8) is 0 Å². The fourth-order valence-electron chi connectivity index (χ4n) is 2.34. The standard InChI is InChI=1S/C11H22N2O/c1-10(2,12)7-5-6-8(9(7)14)11(3,4)13/h7-8H,5-6,12-13H2,1-4H3. The lowest BCUT2D eigenvalue weighted by molar-refractivity contribution is -0.126. The van der Waals surface area contributed by atoms with Crippen LogP contribution >= 0.6 is 0 Å². The van der Waals surface area contributed by atoms with Gasteiger partial charge in [-0.05, 0) is 40.5 Å². The quantitative estimate of drug-likeness (QED) is 0.697. The molecule has 1 aliphatic carbocycles. The molecule has 0 amide bonds. The van der Waals surface area contributed by atoms with Crippen molar-refractivity contribution in [2.45, 2.75) is 51.6 Å². The SMILES string of the molecule is CC(C)(N)C1CCC(C(C)(C)N)C1=O. The lowest BCUT2D eigenvalue weighted by Crippen LogP contribution is -2.48. The Morgan fingerprint density at radius 1 is 1.00 bits per heavy atom. The third-order valence-electron chi connectivity index (χ3n) is 3.23. The number of carbonyl (C=O) groups is 1. The molecule has 14 heavy (non-hydrogen) atoms. The fourth-order valence-corrected chi connectivity index (χ4v) is 2.34. The highest BCUT2D eigenvalue weighted by molar-refractivity contribution is 5.87. The number of hydrogen-bond acceptors (Lipinski definition) is 3. The molecule has 0 aromatic heterocycles. The van der Waals surface area contributed by atoms with E-state index in [1.165, 1.54) is 0 Å². The second-order valence-electron chi connectivity index (χ2n) is 5.73. The zero-order valence-electron chi connectivity index (χ0n) is 9.63.